The molecule has 0 saturated carbocycles. The van der Waals surface area contributed by atoms with E-state index in [4.69, 9.17) is 16.3 Å². The summed E-state index contributed by atoms with van der Waals surface area (Å²) < 4.78 is 19.7. The minimum atomic E-state index is -0.346. The summed E-state index contributed by atoms with van der Waals surface area (Å²) in [6.45, 7) is 13.1. The number of nitrogens with zero attached hydrogens (tertiary/aromatic N) is 2. The van der Waals surface area contributed by atoms with Crippen molar-refractivity contribution in [1.29, 1.82) is 0 Å². The van der Waals surface area contributed by atoms with Gasteiger partial charge in [-0.25, -0.2) is 9.07 Å². The number of ether oxygens (including phenoxy) is 1. The van der Waals surface area contributed by atoms with Gasteiger partial charge in [-0.2, -0.15) is 5.10 Å². The Morgan fingerprint density at radius 2 is 1.50 bits per heavy atom. The molecule has 3 aromatic rings. The van der Waals surface area contributed by atoms with Crippen LogP contribution in [0, 0.1) is 11.7 Å². The lowest BCUT2D eigenvalue weighted by atomic mass is 10.0. The Labute approximate surface area is 205 Å². The molecule has 5 nitrogen and oxygen atoms in total. The van der Waals surface area contributed by atoms with E-state index in [-0.39, 0.29) is 34.9 Å². The van der Waals surface area contributed by atoms with Crippen molar-refractivity contribution in [2.75, 3.05) is 0 Å². The molecule has 0 fully saturated rings. The molecule has 0 saturated heterocycles. The average Bonchev–Trinajstić information content (AvgIpc) is 2.74. The molecule has 182 valence electrons. The molecule has 1 aromatic heterocycles. The fraction of sp³-hybridized carbons (Fsp3) is 0.370. The van der Waals surface area contributed by atoms with Crippen molar-refractivity contribution in [2.45, 2.75) is 60.1 Å². The molecule has 0 aliphatic heterocycles. The number of hydrogen-bond donors (Lipinski definition) is 0. The van der Waals surface area contributed by atoms with Crippen LogP contribution in [-0.4, -0.2) is 21.4 Å². The van der Waals surface area contributed by atoms with E-state index in [1.807, 2.05) is 60.6 Å². The number of aromatic nitrogens is 2. The minimum absolute atomic E-state index is 0.0285. The molecule has 0 aliphatic carbocycles. The van der Waals surface area contributed by atoms with E-state index >= 15 is 0 Å². The maximum atomic E-state index is 13.2. The Kier molecular flexibility index (Phi) is 9.16. The van der Waals surface area contributed by atoms with Gasteiger partial charge in [0.25, 0.3) is 5.56 Å². The Morgan fingerprint density at radius 1 is 0.971 bits per heavy atom. The van der Waals surface area contributed by atoms with Gasteiger partial charge in [-0.1, -0.05) is 49.7 Å². The maximum Gasteiger partial charge on any atom is 0.308 e. The molecule has 0 unspecified atom stereocenters. The first-order chi connectivity index (χ1) is 15.8. The van der Waals surface area contributed by atoms with Crippen molar-refractivity contribution in [3.8, 4) is 22.4 Å². The van der Waals surface area contributed by atoms with E-state index in [1.165, 1.54) is 16.8 Å². The molecule has 0 aliphatic rings. The third-order valence-electron chi connectivity index (χ3n) is 4.60. The second-order valence-electron chi connectivity index (χ2n) is 9.49. The molecular formula is C27H32ClFN2O3. The standard InChI is InChI=1S/C19H16ClFN2O.C8H16O2/c1-12(2)23-19(24)17(13-5-9-16(21)10-6-13)11-18(22-23)14-3-7-15(20)8-4-14;1-6(2)7(9)10-8(3,4)5/h3-12H,1-2H3;6H,1-5H3. The van der Waals surface area contributed by atoms with E-state index in [0.29, 0.717) is 21.8 Å². The fourth-order valence-electron chi connectivity index (χ4n) is 2.88. The SMILES string of the molecule is CC(C)C(=O)OC(C)(C)C.CC(C)n1nc(-c2ccc(Cl)cc2)cc(-c2ccc(F)cc2)c1=O. The predicted molar refractivity (Wildman–Crippen MR) is 135 cm³/mol. The van der Waals surface area contributed by atoms with Gasteiger partial charge in [0.2, 0.25) is 0 Å². The van der Waals surface area contributed by atoms with Gasteiger partial charge < -0.3 is 4.74 Å². The number of hydrogen-bond acceptors (Lipinski definition) is 4. The molecule has 3 rings (SSSR count). The smallest absolute Gasteiger partial charge is 0.308 e. The Balaban J connectivity index is 0.000000347. The molecule has 2 aromatic carbocycles. The van der Waals surface area contributed by atoms with Gasteiger partial charge in [-0.3, -0.25) is 9.59 Å². The highest BCUT2D eigenvalue weighted by Gasteiger charge is 2.18. The number of halogens is 2. The van der Waals surface area contributed by atoms with Crippen molar-refractivity contribution in [3.63, 3.8) is 0 Å². The average molecular weight is 487 g/mol. The summed E-state index contributed by atoms with van der Waals surface area (Å²) >= 11 is 5.94. The number of benzene rings is 2. The van der Waals surface area contributed by atoms with Crippen molar-refractivity contribution in [1.82, 2.24) is 9.78 Å². The summed E-state index contributed by atoms with van der Waals surface area (Å²) in [4.78, 5) is 23.7. The van der Waals surface area contributed by atoms with Crippen LogP contribution in [0.1, 0.15) is 54.5 Å². The fourth-order valence-corrected chi connectivity index (χ4v) is 3.01. The van der Waals surface area contributed by atoms with E-state index in [9.17, 15) is 14.0 Å². The molecule has 0 atom stereocenters. The first-order valence-corrected chi connectivity index (χ1v) is 11.5. The van der Waals surface area contributed by atoms with E-state index in [2.05, 4.69) is 5.10 Å². The third-order valence-corrected chi connectivity index (χ3v) is 4.85. The highest BCUT2D eigenvalue weighted by molar-refractivity contribution is 6.30. The third kappa shape index (κ3) is 7.80. The van der Waals surface area contributed by atoms with E-state index in [1.54, 1.807) is 30.3 Å². The van der Waals surface area contributed by atoms with Gasteiger partial charge >= 0.3 is 5.97 Å². The largest absolute Gasteiger partial charge is 0.460 e. The Bertz CT molecular complexity index is 1160. The molecule has 0 amide bonds. The normalized spacial score (nSPS) is 11.3. The first kappa shape index (κ1) is 27.3. The van der Waals surface area contributed by atoms with Gasteiger partial charge in [0.1, 0.15) is 11.4 Å². The Morgan fingerprint density at radius 3 is 1.94 bits per heavy atom. The predicted octanol–water partition coefficient (Wildman–Crippen LogP) is 6.93. The molecule has 1 heterocycles. The van der Waals surface area contributed by atoms with E-state index in [0.717, 1.165) is 5.56 Å². The summed E-state index contributed by atoms with van der Waals surface area (Å²) in [5.74, 6) is -0.498. The first-order valence-electron chi connectivity index (χ1n) is 11.2. The van der Waals surface area contributed by atoms with Crippen LogP contribution in [0.2, 0.25) is 5.02 Å². The zero-order valence-electron chi connectivity index (χ0n) is 20.7. The minimum Gasteiger partial charge on any atom is -0.460 e. The molecule has 7 heteroatoms. The van der Waals surface area contributed by atoms with Crippen LogP contribution in [-0.2, 0) is 9.53 Å². The van der Waals surface area contributed by atoms with Crippen LogP contribution in [0.5, 0.6) is 0 Å². The molecular weight excluding hydrogens is 455 g/mol. The maximum absolute atomic E-state index is 13.2. The van der Waals surface area contributed by atoms with Crippen LogP contribution >= 0.6 is 11.6 Å². The summed E-state index contributed by atoms with van der Waals surface area (Å²) in [6.07, 6.45) is 0. The molecule has 0 bridgehead atoms. The second kappa shape index (κ2) is 11.4. The van der Waals surface area contributed by atoms with Gasteiger partial charge in [-0.05, 0) is 70.5 Å². The summed E-state index contributed by atoms with van der Waals surface area (Å²) in [5.41, 5.74) is 2.13. The lowest BCUT2D eigenvalue weighted by Gasteiger charge is -2.20. The van der Waals surface area contributed by atoms with Gasteiger partial charge in [-0.15, -0.1) is 0 Å². The van der Waals surface area contributed by atoms with Crippen LogP contribution < -0.4 is 5.56 Å². The number of carbonyl (C=O) groups is 1. The zero-order valence-corrected chi connectivity index (χ0v) is 21.5. The van der Waals surface area contributed by atoms with Gasteiger partial charge in [0.05, 0.1) is 23.2 Å². The quantitative estimate of drug-likeness (QED) is 0.375. The lowest BCUT2D eigenvalue weighted by molar-refractivity contribution is -0.158. The number of rotatable bonds is 4. The van der Waals surface area contributed by atoms with Crippen LogP contribution in [0.3, 0.4) is 0 Å². The van der Waals surface area contributed by atoms with Crippen LogP contribution in [0.4, 0.5) is 4.39 Å². The van der Waals surface area contributed by atoms with Crippen molar-refractivity contribution < 1.29 is 13.9 Å². The number of esters is 1. The van der Waals surface area contributed by atoms with Gasteiger partial charge in [0, 0.05) is 10.6 Å². The molecule has 0 spiro atoms. The summed E-state index contributed by atoms with van der Waals surface area (Å²) in [6, 6.07) is 14.8. The van der Waals surface area contributed by atoms with Gasteiger partial charge in [0.15, 0.2) is 0 Å². The van der Waals surface area contributed by atoms with Crippen LogP contribution in [0.25, 0.3) is 22.4 Å². The molecule has 0 N–H and O–H groups in total. The monoisotopic (exact) mass is 486 g/mol. The summed E-state index contributed by atoms with van der Waals surface area (Å²) in [7, 11) is 0. The highest BCUT2D eigenvalue weighted by Crippen LogP contribution is 2.24. The highest BCUT2D eigenvalue weighted by atomic mass is 35.5. The van der Waals surface area contributed by atoms with Crippen molar-refractivity contribution in [3.05, 3.63) is 75.8 Å². The zero-order chi connectivity index (χ0) is 25.6. The lowest BCUT2D eigenvalue weighted by Crippen LogP contribution is -2.26. The number of carbonyl (C=O) groups excluding carboxylic acids is 1. The molecule has 34 heavy (non-hydrogen) atoms. The van der Waals surface area contributed by atoms with Crippen molar-refractivity contribution in [2.24, 2.45) is 5.92 Å². The Hall–Kier alpha value is -2.99. The summed E-state index contributed by atoms with van der Waals surface area (Å²) in [5, 5.41) is 5.10. The van der Waals surface area contributed by atoms with Crippen molar-refractivity contribution >= 4 is 17.6 Å². The molecule has 0 radical (unpaired) electrons. The van der Waals surface area contributed by atoms with Crippen LogP contribution in [0.15, 0.2) is 59.4 Å². The topological polar surface area (TPSA) is 61.2 Å². The van der Waals surface area contributed by atoms with E-state index < -0.39 is 0 Å². The second-order valence-corrected chi connectivity index (χ2v) is 9.93.